The van der Waals surface area contributed by atoms with Crippen LogP contribution in [-0.4, -0.2) is 12.6 Å². The van der Waals surface area contributed by atoms with Crippen molar-refractivity contribution in [3.63, 3.8) is 0 Å². The molecule has 0 fully saturated rings. The molecule has 0 saturated carbocycles. The molecule has 0 aromatic carbocycles. The molecule has 0 bridgehead atoms. The van der Waals surface area contributed by atoms with Crippen LogP contribution in [0.25, 0.3) is 0 Å². The zero-order chi connectivity index (χ0) is 26.2. The molecule has 0 heterocycles. The number of hydrogen-bond acceptors (Lipinski definition) is 2. The predicted octanol–water partition coefficient (Wildman–Crippen LogP) is 11.4. The van der Waals surface area contributed by atoms with Gasteiger partial charge in [0.25, 0.3) is 0 Å². The number of hydrogen-bond donors (Lipinski definition) is 0. The molecule has 0 N–H and O–H groups in total. The Morgan fingerprint density at radius 3 is 1.36 bits per heavy atom. The van der Waals surface area contributed by atoms with E-state index in [0.29, 0.717) is 13.0 Å². The minimum Gasteiger partial charge on any atom is -0.466 e. The maximum Gasteiger partial charge on any atom is 0.305 e. The van der Waals surface area contributed by atoms with Crippen molar-refractivity contribution < 1.29 is 9.53 Å². The Morgan fingerprint density at radius 1 is 0.472 bits per heavy atom. The maximum atomic E-state index is 11.8. The van der Waals surface area contributed by atoms with Crippen LogP contribution in [0.1, 0.15) is 155 Å². The second-order valence-corrected chi connectivity index (χ2v) is 10.1. The van der Waals surface area contributed by atoms with E-state index < -0.39 is 0 Å². The molecular weight excluding hydrogens is 440 g/mol. The zero-order valence-electron chi connectivity index (χ0n) is 24.2. The summed E-state index contributed by atoms with van der Waals surface area (Å²) in [5.74, 6) is -0.0334. The van der Waals surface area contributed by atoms with Crippen molar-refractivity contribution in [3.05, 3.63) is 48.6 Å². The van der Waals surface area contributed by atoms with Crippen LogP contribution in [-0.2, 0) is 9.53 Å². The fraction of sp³-hybridized carbons (Fsp3) is 0.735. The first-order valence-electron chi connectivity index (χ1n) is 15.6. The van der Waals surface area contributed by atoms with E-state index >= 15 is 0 Å². The average molecular weight is 501 g/mol. The van der Waals surface area contributed by atoms with Gasteiger partial charge in [0.05, 0.1) is 6.61 Å². The van der Waals surface area contributed by atoms with Crippen molar-refractivity contribution in [2.45, 2.75) is 155 Å². The average Bonchev–Trinajstić information content (AvgIpc) is 2.88. The Hall–Kier alpha value is -1.57. The summed E-state index contributed by atoms with van der Waals surface area (Å²) in [7, 11) is 0. The second-order valence-electron chi connectivity index (χ2n) is 10.1. The SMILES string of the molecule is CCCCCC=CCC=CCC=CCC=CCCCC(=O)OCCCCCCCCCCCCCC. The summed E-state index contributed by atoms with van der Waals surface area (Å²) in [6.45, 7) is 5.12. The van der Waals surface area contributed by atoms with Gasteiger partial charge < -0.3 is 4.74 Å². The van der Waals surface area contributed by atoms with Crippen molar-refractivity contribution >= 4 is 5.97 Å². The van der Waals surface area contributed by atoms with Gasteiger partial charge in [-0.2, -0.15) is 0 Å². The molecule has 0 rings (SSSR count). The van der Waals surface area contributed by atoms with E-state index in [2.05, 4.69) is 62.5 Å². The van der Waals surface area contributed by atoms with Gasteiger partial charge in [-0.15, -0.1) is 0 Å². The zero-order valence-corrected chi connectivity index (χ0v) is 24.2. The number of rotatable bonds is 27. The molecule has 0 aromatic rings. The molecule has 0 unspecified atom stereocenters. The summed E-state index contributed by atoms with van der Waals surface area (Å²) in [5.41, 5.74) is 0. The highest BCUT2D eigenvalue weighted by Crippen LogP contribution is 2.12. The van der Waals surface area contributed by atoms with E-state index in [-0.39, 0.29) is 5.97 Å². The Kier molecular flexibility index (Phi) is 30.1. The van der Waals surface area contributed by atoms with E-state index in [9.17, 15) is 4.79 Å². The lowest BCUT2D eigenvalue weighted by Crippen LogP contribution is -2.05. The van der Waals surface area contributed by atoms with Gasteiger partial charge in [0.1, 0.15) is 0 Å². The summed E-state index contributed by atoms with van der Waals surface area (Å²) in [6, 6.07) is 0. The molecule has 0 amide bonds. The van der Waals surface area contributed by atoms with Crippen LogP contribution in [0.5, 0.6) is 0 Å². The van der Waals surface area contributed by atoms with Crippen molar-refractivity contribution in [1.29, 1.82) is 0 Å². The molecule has 0 aliphatic carbocycles. The highest BCUT2D eigenvalue weighted by atomic mass is 16.5. The topological polar surface area (TPSA) is 26.3 Å². The first-order chi connectivity index (χ1) is 17.8. The van der Waals surface area contributed by atoms with Crippen LogP contribution < -0.4 is 0 Å². The molecule has 36 heavy (non-hydrogen) atoms. The van der Waals surface area contributed by atoms with Crippen LogP contribution in [0.3, 0.4) is 0 Å². The van der Waals surface area contributed by atoms with E-state index in [1.54, 1.807) is 0 Å². The number of ether oxygens (including phenoxy) is 1. The highest BCUT2D eigenvalue weighted by molar-refractivity contribution is 5.69. The lowest BCUT2D eigenvalue weighted by Gasteiger charge is -2.05. The Labute approximate surface area is 225 Å². The van der Waals surface area contributed by atoms with Crippen LogP contribution >= 0.6 is 0 Å². The second kappa shape index (κ2) is 31.5. The van der Waals surface area contributed by atoms with Gasteiger partial charge in [-0.1, -0.05) is 146 Å². The minimum absolute atomic E-state index is 0.0334. The van der Waals surface area contributed by atoms with E-state index in [1.165, 1.54) is 96.3 Å². The van der Waals surface area contributed by atoms with Crippen molar-refractivity contribution in [2.24, 2.45) is 0 Å². The lowest BCUT2D eigenvalue weighted by atomic mass is 10.1. The van der Waals surface area contributed by atoms with Crippen molar-refractivity contribution in [3.8, 4) is 0 Å². The van der Waals surface area contributed by atoms with Crippen molar-refractivity contribution in [1.82, 2.24) is 0 Å². The summed E-state index contributed by atoms with van der Waals surface area (Å²) in [6.07, 6.45) is 44.4. The smallest absolute Gasteiger partial charge is 0.305 e. The third-order valence-electron chi connectivity index (χ3n) is 6.47. The highest BCUT2D eigenvalue weighted by Gasteiger charge is 2.01. The first kappa shape index (κ1) is 34.4. The molecule has 0 radical (unpaired) electrons. The standard InChI is InChI=1S/C34H60O2/c1-3-5-7-9-11-13-15-17-18-19-20-21-22-24-26-28-30-32-34(35)36-33-31-29-27-25-23-16-14-12-10-8-6-4-2/h11,13,17-18,20-21,24,26H,3-10,12,14-16,19,22-23,25,27-33H2,1-2H3. The summed E-state index contributed by atoms with van der Waals surface area (Å²) < 4.78 is 5.38. The lowest BCUT2D eigenvalue weighted by molar-refractivity contribution is -0.143. The van der Waals surface area contributed by atoms with E-state index in [4.69, 9.17) is 4.74 Å². The quantitative estimate of drug-likeness (QED) is 0.0636. The van der Waals surface area contributed by atoms with Gasteiger partial charge in [-0.25, -0.2) is 0 Å². The summed E-state index contributed by atoms with van der Waals surface area (Å²) in [4.78, 5) is 11.8. The summed E-state index contributed by atoms with van der Waals surface area (Å²) in [5, 5.41) is 0. The van der Waals surface area contributed by atoms with Crippen LogP contribution in [0.15, 0.2) is 48.6 Å². The van der Waals surface area contributed by atoms with Gasteiger partial charge in [0, 0.05) is 6.42 Å². The van der Waals surface area contributed by atoms with Crippen molar-refractivity contribution in [2.75, 3.05) is 6.61 Å². The van der Waals surface area contributed by atoms with E-state index in [0.717, 1.165) is 38.5 Å². The van der Waals surface area contributed by atoms with Crippen LogP contribution in [0, 0.1) is 0 Å². The third kappa shape index (κ3) is 30.5. The molecule has 2 heteroatoms. The molecule has 0 aliphatic heterocycles. The number of carbonyl (C=O) groups excluding carboxylic acids is 1. The normalized spacial score (nSPS) is 12.2. The summed E-state index contributed by atoms with van der Waals surface area (Å²) >= 11 is 0. The minimum atomic E-state index is -0.0334. The number of allylic oxidation sites excluding steroid dienone is 8. The first-order valence-corrected chi connectivity index (χ1v) is 15.6. The largest absolute Gasteiger partial charge is 0.466 e. The van der Waals surface area contributed by atoms with Gasteiger partial charge in [-0.05, 0) is 51.4 Å². The fourth-order valence-electron chi connectivity index (χ4n) is 4.13. The maximum absolute atomic E-state index is 11.8. The molecule has 0 spiro atoms. The molecule has 0 saturated heterocycles. The Morgan fingerprint density at radius 2 is 0.861 bits per heavy atom. The molecule has 0 atom stereocenters. The predicted molar refractivity (Wildman–Crippen MR) is 160 cm³/mol. The molecule has 208 valence electrons. The number of unbranched alkanes of at least 4 members (excludes halogenated alkanes) is 15. The van der Waals surface area contributed by atoms with Gasteiger partial charge in [0.15, 0.2) is 0 Å². The van der Waals surface area contributed by atoms with Crippen LogP contribution in [0.2, 0.25) is 0 Å². The van der Waals surface area contributed by atoms with Gasteiger partial charge in [-0.3, -0.25) is 4.79 Å². The molecule has 2 nitrogen and oxygen atoms in total. The Balaban J connectivity index is 3.37. The molecule has 0 aromatic heterocycles. The van der Waals surface area contributed by atoms with Gasteiger partial charge >= 0.3 is 5.97 Å². The van der Waals surface area contributed by atoms with Crippen LogP contribution in [0.4, 0.5) is 0 Å². The number of esters is 1. The molecule has 0 aliphatic rings. The monoisotopic (exact) mass is 500 g/mol. The third-order valence-corrected chi connectivity index (χ3v) is 6.47. The fourth-order valence-corrected chi connectivity index (χ4v) is 4.13. The number of carbonyl (C=O) groups is 1. The molecular formula is C34H60O2. The Bertz CT molecular complexity index is 556. The van der Waals surface area contributed by atoms with Gasteiger partial charge in [0.2, 0.25) is 0 Å². The van der Waals surface area contributed by atoms with E-state index in [1.807, 2.05) is 0 Å².